The molecule has 39 heavy (non-hydrogen) atoms. The number of aliphatic hydroxyl groups is 1. The Morgan fingerprint density at radius 2 is 1.82 bits per heavy atom. The average Bonchev–Trinajstić information content (AvgIpc) is 2.88. The minimum Gasteiger partial charge on any atom is -0.439 e. The Balaban J connectivity index is 1.51. The first-order chi connectivity index (χ1) is 18.3. The van der Waals surface area contributed by atoms with Gasteiger partial charge in [-0.2, -0.15) is 13.2 Å². The maximum atomic E-state index is 14.4. The van der Waals surface area contributed by atoms with Gasteiger partial charge in [-0.1, -0.05) is 48.2 Å². The number of alkyl halides is 6. The number of para-hydroxylation sites is 1. The van der Waals surface area contributed by atoms with Crippen LogP contribution in [0.25, 0.3) is 10.9 Å². The molecule has 1 fully saturated rings. The van der Waals surface area contributed by atoms with Crippen molar-refractivity contribution in [3.8, 4) is 0 Å². The zero-order chi connectivity index (χ0) is 28.4. The third-order valence-corrected chi connectivity index (χ3v) is 9.15. The highest BCUT2D eigenvalue weighted by molar-refractivity contribution is 7.99. The Bertz CT molecular complexity index is 1340. The molecule has 1 aliphatic heterocycles. The summed E-state index contributed by atoms with van der Waals surface area (Å²) < 4.78 is 48.4. The number of rotatable bonds is 7. The number of carbonyl (C=O) groups is 1. The largest absolute Gasteiger partial charge is 0.439 e. The Morgan fingerprint density at radius 1 is 1.13 bits per heavy atom. The van der Waals surface area contributed by atoms with Gasteiger partial charge < -0.3 is 14.7 Å². The number of piperidine rings is 1. The van der Waals surface area contributed by atoms with Crippen molar-refractivity contribution < 1.29 is 27.8 Å². The van der Waals surface area contributed by atoms with E-state index in [1.165, 1.54) is 24.0 Å². The molecular weight excluding hydrogens is 596 g/mol. The maximum absolute atomic E-state index is 14.4. The van der Waals surface area contributed by atoms with Gasteiger partial charge in [0.25, 0.3) is 0 Å². The second-order valence-corrected chi connectivity index (χ2v) is 12.2. The van der Waals surface area contributed by atoms with Crippen LogP contribution in [0.2, 0.25) is 0 Å². The van der Waals surface area contributed by atoms with E-state index in [0.29, 0.717) is 10.5 Å². The highest BCUT2D eigenvalue weighted by Crippen LogP contribution is 2.43. The monoisotopic (exact) mass is 620 g/mol. The first-order valence-electron chi connectivity index (χ1n) is 12.1. The third-order valence-electron chi connectivity index (χ3n) is 6.70. The molecule has 0 saturated carbocycles. The van der Waals surface area contributed by atoms with E-state index in [4.69, 9.17) is 39.5 Å². The van der Waals surface area contributed by atoms with E-state index in [0.717, 1.165) is 17.1 Å². The van der Waals surface area contributed by atoms with Crippen LogP contribution in [0.15, 0.2) is 64.5 Å². The van der Waals surface area contributed by atoms with Crippen LogP contribution in [0.1, 0.15) is 30.9 Å². The van der Waals surface area contributed by atoms with Crippen molar-refractivity contribution in [1.82, 2.24) is 9.88 Å². The SMILES string of the molecule is C[C@](CCl)(OC(=O)N1CCC(O)(Cc2cccc(Sc3ccc4ccccc4n3)c2C(F)(F)F)CC1)C(Cl)Cl. The molecule has 0 radical (unpaired) electrons. The van der Waals surface area contributed by atoms with Gasteiger partial charge in [0, 0.05) is 29.8 Å². The Hall–Kier alpha value is -1.91. The van der Waals surface area contributed by atoms with Gasteiger partial charge in [0.1, 0.15) is 9.86 Å². The molecule has 2 aromatic carbocycles. The minimum absolute atomic E-state index is 0.00413. The quantitative estimate of drug-likeness (QED) is 0.274. The molecule has 210 valence electrons. The highest BCUT2D eigenvalue weighted by atomic mass is 35.5. The number of hydrogen-bond acceptors (Lipinski definition) is 5. The molecule has 5 nitrogen and oxygen atoms in total. The van der Waals surface area contributed by atoms with E-state index < -0.39 is 33.9 Å². The lowest BCUT2D eigenvalue weighted by Gasteiger charge is -2.39. The molecule has 1 N–H and O–H groups in total. The Kier molecular flexibility index (Phi) is 9.18. The lowest BCUT2D eigenvalue weighted by molar-refractivity contribution is -0.140. The topological polar surface area (TPSA) is 62.7 Å². The predicted molar refractivity (Wildman–Crippen MR) is 148 cm³/mol. The number of likely N-dealkylation sites (tertiary alicyclic amines) is 1. The maximum Gasteiger partial charge on any atom is 0.417 e. The van der Waals surface area contributed by atoms with Gasteiger partial charge in [0.05, 0.1) is 22.6 Å². The molecule has 0 aliphatic carbocycles. The lowest BCUT2D eigenvalue weighted by atomic mass is 9.84. The first kappa shape index (κ1) is 30.1. The molecule has 1 atom stereocenters. The summed E-state index contributed by atoms with van der Waals surface area (Å²) in [6.45, 7) is 1.67. The molecule has 2 heterocycles. The molecule has 1 aliphatic rings. The molecular formula is C27H26Cl3F3N2O3S. The molecule has 3 aromatic rings. The molecule has 1 saturated heterocycles. The Labute approximate surface area is 243 Å². The van der Waals surface area contributed by atoms with E-state index in [2.05, 4.69) is 4.98 Å². The van der Waals surface area contributed by atoms with Crippen LogP contribution >= 0.6 is 46.6 Å². The second-order valence-electron chi connectivity index (χ2n) is 9.74. The van der Waals surface area contributed by atoms with E-state index in [1.807, 2.05) is 24.3 Å². The van der Waals surface area contributed by atoms with E-state index >= 15 is 0 Å². The highest BCUT2D eigenvalue weighted by Gasteiger charge is 2.42. The first-order valence-corrected chi connectivity index (χ1v) is 14.3. The van der Waals surface area contributed by atoms with Gasteiger partial charge in [-0.25, -0.2) is 9.78 Å². The number of pyridine rings is 1. The van der Waals surface area contributed by atoms with Crippen molar-refractivity contribution in [2.75, 3.05) is 19.0 Å². The summed E-state index contributed by atoms with van der Waals surface area (Å²) >= 11 is 18.6. The van der Waals surface area contributed by atoms with Crippen LogP contribution in [0.3, 0.4) is 0 Å². The summed E-state index contributed by atoms with van der Waals surface area (Å²) in [5, 5.41) is 12.6. The molecule has 12 heteroatoms. The van der Waals surface area contributed by atoms with Crippen molar-refractivity contribution in [2.24, 2.45) is 0 Å². The fourth-order valence-electron chi connectivity index (χ4n) is 4.38. The van der Waals surface area contributed by atoms with Crippen molar-refractivity contribution >= 4 is 63.6 Å². The summed E-state index contributed by atoms with van der Waals surface area (Å²) in [7, 11) is 0. The normalized spacial score (nSPS) is 17.3. The van der Waals surface area contributed by atoms with Crippen LogP contribution in [0.5, 0.6) is 0 Å². The van der Waals surface area contributed by atoms with Crippen molar-refractivity contribution in [2.45, 2.75) is 58.3 Å². The van der Waals surface area contributed by atoms with Crippen LogP contribution in [-0.4, -0.2) is 56.1 Å². The number of ether oxygens (including phenoxy) is 1. The number of halogens is 6. The molecule has 1 amide bonds. The number of carbonyl (C=O) groups excluding carboxylic acids is 1. The van der Waals surface area contributed by atoms with Gasteiger partial charge in [0.2, 0.25) is 0 Å². The van der Waals surface area contributed by atoms with Gasteiger partial charge in [-0.3, -0.25) is 0 Å². The standard InChI is InChI=1S/C27H26Cl3F3N2O3S/c1-25(16-28,23(29)30)38-24(36)35-13-11-26(37,12-14-35)15-18-6-4-8-20(22(18)27(31,32)33)39-21-10-9-17-5-2-3-7-19(17)34-21/h2-10,23,37H,11-16H2,1H3/t25-/m1/s1. The number of benzene rings is 2. The molecule has 0 spiro atoms. The second kappa shape index (κ2) is 11.9. The number of amides is 1. The third kappa shape index (κ3) is 7.06. The van der Waals surface area contributed by atoms with E-state index in [9.17, 15) is 23.1 Å². The minimum atomic E-state index is -4.65. The summed E-state index contributed by atoms with van der Waals surface area (Å²) in [4.78, 5) is 17.4. The number of aromatic nitrogens is 1. The zero-order valence-corrected chi connectivity index (χ0v) is 23.9. The number of fused-ring (bicyclic) bond motifs is 1. The average molecular weight is 622 g/mol. The predicted octanol–water partition coefficient (Wildman–Crippen LogP) is 7.71. The van der Waals surface area contributed by atoms with Crippen molar-refractivity contribution in [3.63, 3.8) is 0 Å². The lowest BCUT2D eigenvalue weighted by Crippen LogP contribution is -2.51. The zero-order valence-electron chi connectivity index (χ0n) is 20.9. The van der Waals surface area contributed by atoms with Crippen LogP contribution in [-0.2, 0) is 17.3 Å². The van der Waals surface area contributed by atoms with E-state index in [1.54, 1.807) is 18.2 Å². The van der Waals surface area contributed by atoms with Gasteiger partial charge in [-0.15, -0.1) is 34.8 Å². The van der Waals surface area contributed by atoms with Crippen molar-refractivity contribution in [3.05, 3.63) is 65.7 Å². The molecule has 1 aromatic heterocycles. The van der Waals surface area contributed by atoms with E-state index in [-0.39, 0.29) is 48.7 Å². The van der Waals surface area contributed by atoms with Gasteiger partial charge in [0.15, 0.2) is 5.60 Å². The number of hydrogen-bond donors (Lipinski definition) is 1. The summed E-state index contributed by atoms with van der Waals surface area (Å²) in [6, 6.07) is 15.2. The van der Waals surface area contributed by atoms with Crippen LogP contribution in [0, 0.1) is 0 Å². The van der Waals surface area contributed by atoms with Crippen LogP contribution < -0.4 is 0 Å². The van der Waals surface area contributed by atoms with Gasteiger partial charge in [-0.05, 0) is 43.5 Å². The summed E-state index contributed by atoms with van der Waals surface area (Å²) in [6.07, 6.45) is -5.46. The fraction of sp³-hybridized carbons (Fsp3) is 0.407. The summed E-state index contributed by atoms with van der Waals surface area (Å²) in [5.74, 6) is -0.127. The van der Waals surface area contributed by atoms with Crippen molar-refractivity contribution in [1.29, 1.82) is 0 Å². The molecule has 0 unspecified atom stereocenters. The Morgan fingerprint density at radius 3 is 2.46 bits per heavy atom. The smallest absolute Gasteiger partial charge is 0.417 e. The summed E-state index contributed by atoms with van der Waals surface area (Å²) in [5.41, 5.74) is -2.89. The molecule has 0 bridgehead atoms. The van der Waals surface area contributed by atoms with Gasteiger partial charge >= 0.3 is 12.3 Å². The number of nitrogens with zero attached hydrogens (tertiary/aromatic N) is 2. The van der Waals surface area contributed by atoms with Crippen LogP contribution in [0.4, 0.5) is 18.0 Å². The molecule has 4 rings (SSSR count). The fourth-order valence-corrected chi connectivity index (χ4v) is 5.99.